The van der Waals surface area contributed by atoms with E-state index in [1.54, 1.807) is 6.07 Å². The minimum absolute atomic E-state index is 0.0691. The van der Waals surface area contributed by atoms with E-state index in [0.29, 0.717) is 0 Å². The Morgan fingerprint density at radius 1 is 1.50 bits per heavy atom. The third-order valence-corrected chi connectivity index (χ3v) is 3.09. The Bertz CT molecular complexity index is 372. The first kappa shape index (κ1) is 11.6. The van der Waals surface area contributed by atoms with E-state index in [-0.39, 0.29) is 11.9 Å². The van der Waals surface area contributed by atoms with Crippen LogP contribution in [0.15, 0.2) is 12.1 Å². The van der Waals surface area contributed by atoms with Crippen molar-refractivity contribution in [1.29, 1.82) is 0 Å². The maximum Gasteiger partial charge on any atom is 0.126 e. The molecule has 88 valence electrons. The number of benzene rings is 1. The average molecular weight is 223 g/mol. The summed E-state index contributed by atoms with van der Waals surface area (Å²) in [4.78, 5) is 0. The molecule has 1 unspecified atom stereocenters. The van der Waals surface area contributed by atoms with Gasteiger partial charge in [0.2, 0.25) is 0 Å². The summed E-state index contributed by atoms with van der Waals surface area (Å²) in [6.45, 7) is 6.35. The Kier molecular flexibility index (Phi) is 3.56. The molecule has 0 amide bonds. The van der Waals surface area contributed by atoms with Gasteiger partial charge in [-0.2, -0.15) is 0 Å². The lowest BCUT2D eigenvalue weighted by Crippen LogP contribution is -2.33. The van der Waals surface area contributed by atoms with Crippen LogP contribution >= 0.6 is 0 Å². The molecule has 1 aliphatic heterocycles. The first-order chi connectivity index (χ1) is 7.72. The van der Waals surface area contributed by atoms with Gasteiger partial charge in [0.05, 0.1) is 12.7 Å². The molecule has 2 rings (SSSR count). The van der Waals surface area contributed by atoms with Gasteiger partial charge in [-0.25, -0.2) is 4.39 Å². The summed E-state index contributed by atoms with van der Waals surface area (Å²) in [6.07, 6.45) is 0.791. The van der Waals surface area contributed by atoms with Crippen molar-refractivity contribution >= 4 is 0 Å². The molecule has 1 aromatic rings. The molecule has 0 radical (unpaired) electrons. The Balaban J connectivity index is 2.31. The predicted octanol–water partition coefficient (Wildman–Crippen LogP) is 2.36. The second-order valence-electron chi connectivity index (χ2n) is 4.22. The largest absolute Gasteiger partial charge is 0.371 e. The lowest BCUT2D eigenvalue weighted by atomic mass is 9.98. The van der Waals surface area contributed by atoms with Gasteiger partial charge in [0, 0.05) is 13.1 Å². The molecule has 0 aliphatic carbocycles. The van der Waals surface area contributed by atoms with Crippen molar-refractivity contribution in [2.24, 2.45) is 0 Å². The number of ether oxygens (including phenoxy) is 1. The van der Waals surface area contributed by atoms with Crippen LogP contribution in [-0.4, -0.2) is 19.7 Å². The van der Waals surface area contributed by atoms with Gasteiger partial charge < -0.3 is 10.1 Å². The topological polar surface area (TPSA) is 21.3 Å². The van der Waals surface area contributed by atoms with E-state index >= 15 is 0 Å². The molecular formula is C13H18FNO. The first-order valence-electron chi connectivity index (χ1n) is 5.83. The van der Waals surface area contributed by atoms with Gasteiger partial charge in [-0.1, -0.05) is 6.92 Å². The van der Waals surface area contributed by atoms with Crippen molar-refractivity contribution in [2.75, 3.05) is 19.7 Å². The Labute approximate surface area is 95.8 Å². The van der Waals surface area contributed by atoms with E-state index < -0.39 is 0 Å². The summed E-state index contributed by atoms with van der Waals surface area (Å²) in [5.74, 6) is -0.104. The van der Waals surface area contributed by atoms with Crippen LogP contribution in [0.1, 0.15) is 29.7 Å². The zero-order valence-corrected chi connectivity index (χ0v) is 9.85. The van der Waals surface area contributed by atoms with Gasteiger partial charge in [0.15, 0.2) is 0 Å². The lowest BCUT2D eigenvalue weighted by molar-refractivity contribution is 0.0272. The molecule has 1 N–H and O–H groups in total. The maximum absolute atomic E-state index is 13.5. The fourth-order valence-corrected chi connectivity index (χ4v) is 2.12. The second kappa shape index (κ2) is 4.93. The van der Waals surface area contributed by atoms with E-state index in [2.05, 4.69) is 5.32 Å². The zero-order chi connectivity index (χ0) is 11.5. The summed E-state index contributed by atoms with van der Waals surface area (Å²) < 4.78 is 19.2. The third-order valence-electron chi connectivity index (χ3n) is 3.09. The summed E-state index contributed by atoms with van der Waals surface area (Å²) >= 11 is 0. The molecule has 1 aliphatic rings. The fraction of sp³-hybridized carbons (Fsp3) is 0.538. The summed E-state index contributed by atoms with van der Waals surface area (Å²) in [6, 6.07) is 3.56. The van der Waals surface area contributed by atoms with Crippen molar-refractivity contribution in [3.05, 3.63) is 34.6 Å². The van der Waals surface area contributed by atoms with Crippen molar-refractivity contribution < 1.29 is 9.13 Å². The number of rotatable bonds is 2. The SMILES string of the molecule is CCc1cc(C2CNCCO2)c(C)cc1F. The molecule has 1 fully saturated rings. The summed E-state index contributed by atoms with van der Waals surface area (Å²) in [5, 5.41) is 3.29. The van der Waals surface area contributed by atoms with Crippen LogP contribution in [0.2, 0.25) is 0 Å². The highest BCUT2D eigenvalue weighted by Crippen LogP contribution is 2.25. The normalized spacial score (nSPS) is 21.1. The maximum atomic E-state index is 13.5. The van der Waals surface area contributed by atoms with E-state index in [9.17, 15) is 4.39 Å². The van der Waals surface area contributed by atoms with Crippen molar-refractivity contribution in [1.82, 2.24) is 5.32 Å². The molecule has 1 heterocycles. The number of halogens is 1. The van der Waals surface area contributed by atoms with Crippen LogP contribution in [0.5, 0.6) is 0 Å². The average Bonchev–Trinajstić information content (AvgIpc) is 2.30. The highest BCUT2D eigenvalue weighted by atomic mass is 19.1. The molecule has 2 nitrogen and oxygen atoms in total. The van der Waals surface area contributed by atoms with Gasteiger partial charge in [0.25, 0.3) is 0 Å². The first-order valence-corrected chi connectivity index (χ1v) is 5.83. The molecular weight excluding hydrogens is 205 g/mol. The van der Waals surface area contributed by atoms with Gasteiger partial charge in [-0.3, -0.25) is 0 Å². The highest BCUT2D eigenvalue weighted by Gasteiger charge is 2.19. The standard InChI is InChI=1S/C13H18FNO/c1-3-10-7-11(9(2)6-12(10)14)13-8-15-4-5-16-13/h6-7,13,15H,3-5,8H2,1-2H3. The Morgan fingerprint density at radius 3 is 2.94 bits per heavy atom. The molecule has 0 saturated carbocycles. The van der Waals surface area contributed by atoms with Gasteiger partial charge in [-0.15, -0.1) is 0 Å². The number of hydrogen-bond acceptors (Lipinski definition) is 2. The van der Waals surface area contributed by atoms with Crippen molar-refractivity contribution in [3.63, 3.8) is 0 Å². The van der Waals surface area contributed by atoms with Crippen LogP contribution in [0.25, 0.3) is 0 Å². The Morgan fingerprint density at radius 2 is 2.31 bits per heavy atom. The van der Waals surface area contributed by atoms with E-state index in [0.717, 1.165) is 42.8 Å². The van der Waals surface area contributed by atoms with Crippen molar-refractivity contribution in [3.8, 4) is 0 Å². The van der Waals surface area contributed by atoms with Crippen LogP contribution < -0.4 is 5.32 Å². The number of aryl methyl sites for hydroxylation is 2. The predicted molar refractivity (Wildman–Crippen MR) is 62.1 cm³/mol. The quantitative estimate of drug-likeness (QED) is 0.831. The van der Waals surface area contributed by atoms with Crippen LogP contribution in [0, 0.1) is 12.7 Å². The molecule has 3 heteroatoms. The number of nitrogens with one attached hydrogen (secondary N) is 1. The molecule has 16 heavy (non-hydrogen) atoms. The summed E-state index contributed by atoms with van der Waals surface area (Å²) in [5.41, 5.74) is 2.86. The molecule has 1 atom stereocenters. The minimum atomic E-state index is -0.104. The summed E-state index contributed by atoms with van der Waals surface area (Å²) in [7, 11) is 0. The molecule has 1 aromatic carbocycles. The van der Waals surface area contributed by atoms with E-state index in [1.807, 2.05) is 19.9 Å². The van der Waals surface area contributed by atoms with Crippen LogP contribution in [0.3, 0.4) is 0 Å². The lowest BCUT2D eigenvalue weighted by Gasteiger charge is -2.25. The number of hydrogen-bond donors (Lipinski definition) is 1. The van der Waals surface area contributed by atoms with Crippen LogP contribution in [0.4, 0.5) is 4.39 Å². The monoisotopic (exact) mass is 223 g/mol. The fourth-order valence-electron chi connectivity index (χ4n) is 2.12. The third kappa shape index (κ3) is 2.25. The highest BCUT2D eigenvalue weighted by molar-refractivity contribution is 5.34. The Hall–Kier alpha value is -0.930. The number of morpholine rings is 1. The molecule has 0 bridgehead atoms. The smallest absolute Gasteiger partial charge is 0.126 e. The second-order valence-corrected chi connectivity index (χ2v) is 4.22. The van der Waals surface area contributed by atoms with Crippen LogP contribution in [-0.2, 0) is 11.2 Å². The van der Waals surface area contributed by atoms with Crippen molar-refractivity contribution in [2.45, 2.75) is 26.4 Å². The van der Waals surface area contributed by atoms with E-state index in [4.69, 9.17) is 4.74 Å². The van der Waals surface area contributed by atoms with E-state index in [1.165, 1.54) is 0 Å². The molecule has 0 aromatic heterocycles. The molecule has 1 saturated heterocycles. The van der Waals surface area contributed by atoms with Gasteiger partial charge >= 0.3 is 0 Å². The minimum Gasteiger partial charge on any atom is -0.371 e. The molecule has 0 spiro atoms. The van der Waals surface area contributed by atoms with Gasteiger partial charge in [0.1, 0.15) is 5.82 Å². The van der Waals surface area contributed by atoms with Gasteiger partial charge in [-0.05, 0) is 42.2 Å². The zero-order valence-electron chi connectivity index (χ0n) is 9.85.